The van der Waals surface area contributed by atoms with Crippen LogP contribution in [0.25, 0.3) is 0 Å². The van der Waals surface area contributed by atoms with E-state index in [9.17, 15) is 4.79 Å². The third-order valence-corrected chi connectivity index (χ3v) is 2.77. The highest BCUT2D eigenvalue weighted by Crippen LogP contribution is 2.18. The van der Waals surface area contributed by atoms with Gasteiger partial charge >= 0.3 is 0 Å². The maximum atomic E-state index is 11.3. The van der Waals surface area contributed by atoms with Gasteiger partial charge in [0.1, 0.15) is 5.82 Å². The Bertz CT molecular complexity index is 543. The number of hydrogen-bond donors (Lipinski definition) is 2. The van der Waals surface area contributed by atoms with Gasteiger partial charge in [0.15, 0.2) is 0 Å². The molecule has 0 aliphatic rings. The van der Waals surface area contributed by atoms with Crippen molar-refractivity contribution in [2.45, 2.75) is 19.5 Å². The Labute approximate surface area is 99.5 Å². The lowest BCUT2D eigenvalue weighted by molar-refractivity contribution is 0.589. The van der Waals surface area contributed by atoms with Gasteiger partial charge in [-0.2, -0.15) is 0 Å². The van der Waals surface area contributed by atoms with Crippen LogP contribution in [0.15, 0.2) is 35.5 Å². The van der Waals surface area contributed by atoms with Crippen molar-refractivity contribution in [2.75, 3.05) is 7.05 Å². The Morgan fingerprint density at radius 3 is 3.06 bits per heavy atom. The Hall–Kier alpha value is -1.88. The average Bonchev–Trinajstić information content (AvgIpc) is 2.78. The second kappa shape index (κ2) is 4.97. The third kappa shape index (κ3) is 2.29. The largest absolute Gasteiger partial charge is 0.334 e. The SMILES string of the molecule is CCn1ccnc1C(NC)c1cc[nH]c(=O)c1. The Morgan fingerprint density at radius 2 is 2.41 bits per heavy atom. The summed E-state index contributed by atoms with van der Waals surface area (Å²) < 4.78 is 2.06. The quantitative estimate of drug-likeness (QED) is 0.823. The number of nitrogens with zero attached hydrogens (tertiary/aromatic N) is 2. The molecular formula is C12H16N4O. The van der Waals surface area contributed by atoms with E-state index in [1.807, 2.05) is 19.3 Å². The van der Waals surface area contributed by atoms with Crippen LogP contribution >= 0.6 is 0 Å². The van der Waals surface area contributed by atoms with Crippen molar-refractivity contribution in [1.82, 2.24) is 19.9 Å². The molecule has 2 aromatic rings. The molecule has 0 aliphatic carbocycles. The summed E-state index contributed by atoms with van der Waals surface area (Å²) in [7, 11) is 1.86. The fourth-order valence-corrected chi connectivity index (χ4v) is 1.93. The molecule has 0 saturated heterocycles. The molecule has 17 heavy (non-hydrogen) atoms. The summed E-state index contributed by atoms with van der Waals surface area (Å²) in [5, 5.41) is 3.19. The monoisotopic (exact) mass is 232 g/mol. The average molecular weight is 232 g/mol. The number of nitrogens with one attached hydrogen (secondary N) is 2. The lowest BCUT2D eigenvalue weighted by Gasteiger charge is -2.17. The van der Waals surface area contributed by atoms with E-state index in [1.165, 1.54) is 0 Å². The molecule has 5 heteroatoms. The van der Waals surface area contributed by atoms with Gasteiger partial charge in [0.05, 0.1) is 6.04 Å². The van der Waals surface area contributed by atoms with Gasteiger partial charge < -0.3 is 14.9 Å². The second-order valence-corrected chi connectivity index (χ2v) is 3.78. The van der Waals surface area contributed by atoms with Crippen LogP contribution < -0.4 is 10.9 Å². The minimum absolute atomic E-state index is 0.0627. The summed E-state index contributed by atoms with van der Waals surface area (Å²) in [6.45, 7) is 2.92. The second-order valence-electron chi connectivity index (χ2n) is 3.78. The number of H-pyrrole nitrogens is 1. The van der Waals surface area contributed by atoms with E-state index >= 15 is 0 Å². The van der Waals surface area contributed by atoms with Crippen molar-refractivity contribution >= 4 is 0 Å². The topological polar surface area (TPSA) is 62.7 Å². The van der Waals surface area contributed by atoms with E-state index in [0.29, 0.717) is 0 Å². The lowest BCUT2D eigenvalue weighted by Crippen LogP contribution is -2.23. The van der Waals surface area contributed by atoms with Gasteiger partial charge in [-0.15, -0.1) is 0 Å². The molecule has 0 aromatic carbocycles. The molecule has 90 valence electrons. The predicted octanol–water partition coefficient (Wildman–Crippen LogP) is 0.900. The normalized spacial score (nSPS) is 12.6. The zero-order chi connectivity index (χ0) is 12.3. The van der Waals surface area contributed by atoms with Crippen LogP contribution in [-0.2, 0) is 6.54 Å². The van der Waals surface area contributed by atoms with Crippen LogP contribution in [0, 0.1) is 0 Å². The number of imidazole rings is 1. The van der Waals surface area contributed by atoms with E-state index < -0.39 is 0 Å². The molecule has 0 saturated carbocycles. The third-order valence-electron chi connectivity index (χ3n) is 2.77. The van der Waals surface area contributed by atoms with E-state index in [1.54, 1.807) is 18.5 Å². The molecule has 2 N–H and O–H groups in total. The molecule has 2 rings (SSSR count). The fraction of sp³-hybridized carbons (Fsp3) is 0.333. The molecule has 5 nitrogen and oxygen atoms in total. The van der Waals surface area contributed by atoms with Crippen LogP contribution in [0.5, 0.6) is 0 Å². The molecule has 1 unspecified atom stereocenters. The van der Waals surface area contributed by atoms with Crippen molar-refractivity contribution in [3.05, 3.63) is 52.5 Å². The van der Waals surface area contributed by atoms with Crippen molar-refractivity contribution in [3.63, 3.8) is 0 Å². The zero-order valence-corrected chi connectivity index (χ0v) is 9.97. The van der Waals surface area contributed by atoms with Crippen LogP contribution in [0.4, 0.5) is 0 Å². The lowest BCUT2D eigenvalue weighted by atomic mass is 10.1. The van der Waals surface area contributed by atoms with E-state index in [2.05, 4.69) is 26.8 Å². The molecule has 0 aliphatic heterocycles. The van der Waals surface area contributed by atoms with Crippen molar-refractivity contribution in [3.8, 4) is 0 Å². The fourth-order valence-electron chi connectivity index (χ4n) is 1.93. The Morgan fingerprint density at radius 1 is 1.59 bits per heavy atom. The first kappa shape index (κ1) is 11.6. The molecule has 0 bridgehead atoms. The van der Waals surface area contributed by atoms with Crippen molar-refractivity contribution in [1.29, 1.82) is 0 Å². The summed E-state index contributed by atoms with van der Waals surface area (Å²) in [5.41, 5.74) is 0.814. The highest BCUT2D eigenvalue weighted by Gasteiger charge is 2.16. The first-order chi connectivity index (χ1) is 8.26. The smallest absolute Gasteiger partial charge is 0.248 e. The first-order valence-corrected chi connectivity index (χ1v) is 5.63. The van der Waals surface area contributed by atoms with Crippen molar-refractivity contribution < 1.29 is 0 Å². The Balaban J connectivity index is 2.43. The van der Waals surface area contributed by atoms with E-state index in [0.717, 1.165) is 17.9 Å². The molecule has 2 aromatic heterocycles. The van der Waals surface area contributed by atoms with Crippen LogP contribution in [0.1, 0.15) is 24.4 Å². The number of aryl methyl sites for hydroxylation is 1. The molecule has 0 amide bonds. The van der Waals surface area contributed by atoms with E-state index in [4.69, 9.17) is 0 Å². The first-order valence-electron chi connectivity index (χ1n) is 5.63. The van der Waals surface area contributed by atoms with Gasteiger partial charge in [-0.1, -0.05) is 0 Å². The van der Waals surface area contributed by atoms with Crippen molar-refractivity contribution in [2.24, 2.45) is 0 Å². The van der Waals surface area contributed by atoms with Crippen LogP contribution in [0.2, 0.25) is 0 Å². The number of hydrogen-bond acceptors (Lipinski definition) is 3. The summed E-state index contributed by atoms with van der Waals surface area (Å²) in [4.78, 5) is 18.3. The van der Waals surface area contributed by atoms with E-state index in [-0.39, 0.29) is 11.6 Å². The standard InChI is InChI=1S/C12H16N4O/c1-3-16-7-6-15-12(16)11(13-2)9-4-5-14-10(17)8-9/h4-8,11,13H,3H2,1-2H3,(H,14,17). The molecule has 2 heterocycles. The minimum Gasteiger partial charge on any atom is -0.334 e. The van der Waals surface area contributed by atoms with Gasteiger partial charge in [0.2, 0.25) is 5.56 Å². The highest BCUT2D eigenvalue weighted by atomic mass is 16.1. The van der Waals surface area contributed by atoms with Gasteiger partial charge in [-0.05, 0) is 25.6 Å². The number of pyridine rings is 1. The predicted molar refractivity (Wildman–Crippen MR) is 65.9 cm³/mol. The summed E-state index contributed by atoms with van der Waals surface area (Å²) >= 11 is 0. The molecule has 1 atom stereocenters. The number of aromatic amines is 1. The molecule has 0 radical (unpaired) electrons. The van der Waals surface area contributed by atoms with Crippen LogP contribution in [-0.4, -0.2) is 21.6 Å². The van der Waals surface area contributed by atoms with Gasteiger partial charge in [0, 0.05) is 31.2 Å². The Kier molecular flexibility index (Phi) is 3.39. The summed E-state index contributed by atoms with van der Waals surface area (Å²) in [5.74, 6) is 0.917. The molecule has 0 fully saturated rings. The minimum atomic E-state index is -0.0997. The maximum Gasteiger partial charge on any atom is 0.248 e. The zero-order valence-electron chi connectivity index (χ0n) is 9.97. The summed E-state index contributed by atoms with van der Waals surface area (Å²) in [6, 6.07) is 3.42. The van der Waals surface area contributed by atoms with Gasteiger partial charge in [-0.3, -0.25) is 4.79 Å². The number of aromatic nitrogens is 3. The molecular weight excluding hydrogens is 216 g/mol. The van der Waals surface area contributed by atoms with Gasteiger partial charge in [0.25, 0.3) is 0 Å². The van der Waals surface area contributed by atoms with Gasteiger partial charge in [-0.25, -0.2) is 4.98 Å². The number of rotatable bonds is 4. The summed E-state index contributed by atoms with van der Waals surface area (Å²) in [6.07, 6.45) is 5.37. The highest BCUT2D eigenvalue weighted by molar-refractivity contribution is 5.22. The molecule has 0 spiro atoms. The maximum absolute atomic E-state index is 11.3. The van der Waals surface area contributed by atoms with Crippen LogP contribution in [0.3, 0.4) is 0 Å².